The van der Waals surface area contributed by atoms with Crippen LogP contribution in [0.3, 0.4) is 0 Å². The number of nitrogens with zero attached hydrogens (tertiary/aromatic N) is 2. The summed E-state index contributed by atoms with van der Waals surface area (Å²) in [6.45, 7) is 11.7. The van der Waals surface area contributed by atoms with Crippen molar-refractivity contribution in [3.05, 3.63) is 12.7 Å². The van der Waals surface area contributed by atoms with Crippen LogP contribution in [0.4, 0.5) is 4.79 Å². The molecule has 1 heterocycles. The number of piperidine rings is 1. The summed E-state index contributed by atoms with van der Waals surface area (Å²) in [5.74, 6) is -0.444. The molecule has 0 unspecified atom stereocenters. The number of ether oxygens (including phenoxy) is 1. The molecule has 0 spiro atoms. The summed E-state index contributed by atoms with van der Waals surface area (Å²) in [6.07, 6.45) is 1.30. The number of amides is 3. The van der Waals surface area contributed by atoms with E-state index in [0.29, 0.717) is 32.5 Å². The number of carbonyl (C=O) groups excluding carboxylic acids is 3. The summed E-state index contributed by atoms with van der Waals surface area (Å²) in [6, 6.07) is 0. The van der Waals surface area contributed by atoms with E-state index in [1.54, 1.807) is 32.6 Å². The number of hydrogen-bond donors (Lipinski definition) is 2. The molecule has 0 bridgehead atoms. The summed E-state index contributed by atoms with van der Waals surface area (Å²) in [4.78, 5) is 38.8. The lowest BCUT2D eigenvalue weighted by molar-refractivity contribution is -0.141. The molecular weight excluding hydrogens is 338 g/mol. The Morgan fingerprint density at radius 3 is 2.35 bits per heavy atom. The van der Waals surface area contributed by atoms with Crippen molar-refractivity contribution < 1.29 is 24.2 Å². The van der Waals surface area contributed by atoms with Crippen LogP contribution in [0, 0.1) is 0 Å². The van der Waals surface area contributed by atoms with Gasteiger partial charge in [0.15, 0.2) is 0 Å². The summed E-state index contributed by atoms with van der Waals surface area (Å²) in [5.41, 5.74) is -1.68. The normalized spacial score (nSPS) is 16.6. The minimum atomic E-state index is -1.07. The maximum atomic E-state index is 12.3. The molecular formula is C18H31N3O5. The lowest BCUT2D eigenvalue weighted by Gasteiger charge is -2.38. The van der Waals surface area contributed by atoms with Crippen molar-refractivity contribution in [2.45, 2.75) is 51.7 Å². The highest BCUT2D eigenvalue weighted by Gasteiger charge is 2.35. The van der Waals surface area contributed by atoms with Gasteiger partial charge in [0.1, 0.15) is 5.60 Å². The molecule has 0 aromatic carbocycles. The minimum absolute atomic E-state index is 0.00403. The zero-order valence-corrected chi connectivity index (χ0v) is 16.2. The molecule has 3 amide bonds. The Morgan fingerprint density at radius 2 is 1.88 bits per heavy atom. The molecule has 1 aliphatic rings. The van der Waals surface area contributed by atoms with Gasteiger partial charge in [0, 0.05) is 26.2 Å². The van der Waals surface area contributed by atoms with Crippen LogP contribution in [0.1, 0.15) is 40.5 Å². The van der Waals surface area contributed by atoms with E-state index in [4.69, 9.17) is 4.74 Å². The lowest BCUT2D eigenvalue weighted by atomic mass is 9.91. The first kappa shape index (κ1) is 22.0. The van der Waals surface area contributed by atoms with Gasteiger partial charge in [0.05, 0.1) is 12.1 Å². The third kappa shape index (κ3) is 7.03. The Bertz CT molecular complexity index is 533. The summed E-state index contributed by atoms with van der Waals surface area (Å²) in [7, 11) is 0. The highest BCUT2D eigenvalue weighted by molar-refractivity contribution is 5.90. The number of likely N-dealkylation sites (tertiary alicyclic amines) is 1. The Morgan fingerprint density at radius 1 is 1.31 bits per heavy atom. The van der Waals surface area contributed by atoms with E-state index in [1.165, 1.54) is 11.0 Å². The number of nitrogens with one attached hydrogen (secondary N) is 1. The third-order valence-corrected chi connectivity index (χ3v) is 4.20. The van der Waals surface area contributed by atoms with Crippen molar-refractivity contribution in [1.82, 2.24) is 15.1 Å². The second kappa shape index (κ2) is 9.02. The fourth-order valence-electron chi connectivity index (χ4n) is 2.64. The SMILES string of the molecule is C=CC(=O)N(CC)CC(=O)N1CCC(O)(CNC(=O)OC(C)(C)C)CC1. The maximum Gasteiger partial charge on any atom is 0.407 e. The van der Waals surface area contributed by atoms with Gasteiger partial charge in [-0.25, -0.2) is 4.79 Å². The van der Waals surface area contributed by atoms with Crippen LogP contribution in [0.15, 0.2) is 12.7 Å². The van der Waals surface area contributed by atoms with Gasteiger partial charge in [-0.1, -0.05) is 6.58 Å². The van der Waals surface area contributed by atoms with E-state index < -0.39 is 17.3 Å². The maximum absolute atomic E-state index is 12.3. The van der Waals surface area contributed by atoms with Crippen molar-refractivity contribution in [3.63, 3.8) is 0 Å². The molecule has 1 aliphatic heterocycles. The third-order valence-electron chi connectivity index (χ3n) is 4.20. The Kier molecular flexibility index (Phi) is 7.62. The predicted molar refractivity (Wildman–Crippen MR) is 97.5 cm³/mol. The highest BCUT2D eigenvalue weighted by Crippen LogP contribution is 2.22. The van der Waals surface area contributed by atoms with Gasteiger partial charge >= 0.3 is 6.09 Å². The van der Waals surface area contributed by atoms with Gasteiger partial charge in [-0.2, -0.15) is 0 Å². The van der Waals surface area contributed by atoms with Crippen molar-refractivity contribution in [1.29, 1.82) is 0 Å². The second-order valence-corrected chi connectivity index (χ2v) is 7.52. The molecule has 8 heteroatoms. The van der Waals surface area contributed by atoms with E-state index in [0.717, 1.165) is 0 Å². The minimum Gasteiger partial charge on any atom is -0.444 e. The van der Waals surface area contributed by atoms with Crippen molar-refractivity contribution in [2.24, 2.45) is 0 Å². The predicted octanol–water partition coefficient (Wildman–Crippen LogP) is 0.899. The number of likely N-dealkylation sites (N-methyl/N-ethyl adjacent to an activating group) is 1. The standard InChI is InChI=1S/C18H31N3O5/c1-6-14(22)20(7-2)12-15(23)21-10-8-18(25,9-11-21)13-19-16(24)26-17(3,4)5/h6,25H,1,7-13H2,2-5H3,(H,19,24). The van der Waals surface area contributed by atoms with Crippen molar-refractivity contribution >= 4 is 17.9 Å². The number of carbonyl (C=O) groups is 3. The molecule has 26 heavy (non-hydrogen) atoms. The second-order valence-electron chi connectivity index (χ2n) is 7.52. The largest absolute Gasteiger partial charge is 0.444 e. The summed E-state index contributed by atoms with van der Waals surface area (Å²) in [5, 5.41) is 13.2. The lowest BCUT2D eigenvalue weighted by Crippen LogP contribution is -2.54. The molecule has 8 nitrogen and oxygen atoms in total. The van der Waals surface area contributed by atoms with Gasteiger partial charge in [-0.05, 0) is 46.6 Å². The van der Waals surface area contributed by atoms with Crippen LogP contribution in [-0.2, 0) is 14.3 Å². The molecule has 1 fully saturated rings. The summed E-state index contributed by atoms with van der Waals surface area (Å²) >= 11 is 0. The molecule has 0 aromatic rings. The highest BCUT2D eigenvalue weighted by atomic mass is 16.6. The average Bonchev–Trinajstić information content (AvgIpc) is 2.56. The zero-order valence-electron chi connectivity index (χ0n) is 16.2. The topological polar surface area (TPSA) is 99.2 Å². The van der Waals surface area contributed by atoms with E-state index in [9.17, 15) is 19.5 Å². The molecule has 1 rings (SSSR count). The molecule has 0 aromatic heterocycles. The number of rotatable bonds is 6. The van der Waals surface area contributed by atoms with Crippen molar-refractivity contribution in [2.75, 3.05) is 32.7 Å². The number of aliphatic hydroxyl groups is 1. The Labute approximate surface area is 155 Å². The Balaban J connectivity index is 2.47. The van der Waals surface area contributed by atoms with Crippen LogP contribution >= 0.6 is 0 Å². The van der Waals surface area contributed by atoms with E-state index in [1.807, 2.05) is 0 Å². The van der Waals surface area contributed by atoms with Crippen LogP contribution in [0.2, 0.25) is 0 Å². The average molecular weight is 369 g/mol. The monoisotopic (exact) mass is 369 g/mol. The molecule has 0 saturated carbocycles. The first-order valence-electron chi connectivity index (χ1n) is 8.88. The van der Waals surface area contributed by atoms with Crippen molar-refractivity contribution in [3.8, 4) is 0 Å². The van der Waals surface area contributed by atoms with Gasteiger partial charge in [-0.15, -0.1) is 0 Å². The molecule has 2 N–H and O–H groups in total. The van der Waals surface area contributed by atoms with Crippen LogP contribution < -0.4 is 5.32 Å². The van der Waals surface area contributed by atoms with Gasteiger partial charge in [-0.3, -0.25) is 9.59 Å². The quantitative estimate of drug-likeness (QED) is 0.678. The smallest absolute Gasteiger partial charge is 0.407 e. The fourth-order valence-corrected chi connectivity index (χ4v) is 2.64. The van der Waals surface area contributed by atoms with E-state index >= 15 is 0 Å². The number of hydrogen-bond acceptors (Lipinski definition) is 5. The first-order valence-corrected chi connectivity index (χ1v) is 8.88. The zero-order chi connectivity index (χ0) is 20.0. The first-order chi connectivity index (χ1) is 12.0. The van der Waals surface area contributed by atoms with E-state index in [2.05, 4.69) is 11.9 Å². The summed E-state index contributed by atoms with van der Waals surface area (Å²) < 4.78 is 5.15. The molecule has 1 saturated heterocycles. The molecule has 0 atom stereocenters. The molecule has 148 valence electrons. The van der Waals surface area contributed by atoms with E-state index in [-0.39, 0.29) is 24.9 Å². The van der Waals surface area contributed by atoms with Crippen LogP contribution in [0.25, 0.3) is 0 Å². The Hall–Kier alpha value is -2.09. The fraction of sp³-hybridized carbons (Fsp3) is 0.722. The van der Waals surface area contributed by atoms with Gasteiger partial charge < -0.3 is 25.0 Å². The molecule has 0 aliphatic carbocycles. The van der Waals surface area contributed by atoms with Gasteiger partial charge in [0.25, 0.3) is 0 Å². The van der Waals surface area contributed by atoms with Gasteiger partial charge in [0.2, 0.25) is 11.8 Å². The number of alkyl carbamates (subject to hydrolysis) is 1. The van der Waals surface area contributed by atoms with Crippen LogP contribution in [0.5, 0.6) is 0 Å². The molecule has 0 radical (unpaired) electrons. The van der Waals surface area contributed by atoms with Crippen LogP contribution in [-0.4, -0.2) is 76.7 Å².